The van der Waals surface area contributed by atoms with E-state index in [1.54, 1.807) is 0 Å². The highest BCUT2D eigenvalue weighted by molar-refractivity contribution is 7.99. The lowest BCUT2D eigenvalue weighted by Gasteiger charge is -2.51. The van der Waals surface area contributed by atoms with Gasteiger partial charge in [0.25, 0.3) is 0 Å². The van der Waals surface area contributed by atoms with E-state index in [0.717, 1.165) is 103 Å². The second-order valence-corrected chi connectivity index (χ2v) is 38.3. The van der Waals surface area contributed by atoms with Crippen LogP contribution >= 0.6 is 47.0 Å². The Bertz CT molecular complexity index is 2210. The van der Waals surface area contributed by atoms with Crippen molar-refractivity contribution < 1.29 is 128 Å². The SMILES string of the molecule is CCCCCCCCCCCCSC[C@H]1O[C@@H]2O[C@H]3[C@H](O)[C@@H](O)[C@@H](O[C@H]4[C@H](O)[C@@H](O)[C@@H](O[C@H]5[C@H](O)[C@@H](O)[C@@H](O[C@H]6[C@H](O)[C@@H](O)[C@@H](O[C@H]7[C@H](O)[C@@H](O)[C@@H](O[C@H]1[C@H](O)[C@H]2O)O[C@@H]7COC)O[C@@H]6CSCCCCCCCCCCCC)O[C@@H]5CSCCCCCCCCCCCC)O[C@@H]4COC)O[C@@H]3CSCCCCCCCCCCCC. The molecule has 22 heterocycles. The van der Waals surface area contributed by atoms with Gasteiger partial charge in [0.15, 0.2) is 37.7 Å². The predicted molar refractivity (Wildman–Crippen MR) is 454 cm³/mol. The Kier molecular flexibility index (Phi) is 53.6. The molecule has 12 bridgehead atoms. The average molecular weight is 1740 g/mol. The summed E-state index contributed by atoms with van der Waals surface area (Å²) in [6, 6.07) is 0. The first-order valence-corrected chi connectivity index (χ1v) is 50.4. The van der Waals surface area contributed by atoms with E-state index in [4.69, 9.17) is 66.3 Å². The summed E-state index contributed by atoms with van der Waals surface area (Å²) in [5.74, 6) is 3.40. The van der Waals surface area contributed by atoms with Crippen LogP contribution in [-0.4, -0.2) is 319 Å². The first-order chi connectivity index (χ1) is 56.4. The molecule has 22 saturated heterocycles. The summed E-state index contributed by atoms with van der Waals surface area (Å²) in [5, 5.41) is 148. The molecular formula is C86H160O26S4. The monoisotopic (exact) mass is 1740 g/mol. The van der Waals surface area contributed by atoms with Crippen LogP contribution < -0.4 is 0 Å². The fourth-order valence-electron chi connectivity index (χ4n) is 16.7. The topological polar surface area (TPSA) is 372 Å². The van der Waals surface area contributed by atoms with Crippen molar-refractivity contribution >= 4 is 47.0 Å². The summed E-state index contributed by atoms with van der Waals surface area (Å²) in [5.41, 5.74) is 0. The summed E-state index contributed by atoms with van der Waals surface area (Å²) in [6.07, 6.45) is -3.39. The molecule has 12 N–H and O–H groups in total. The third-order valence-corrected chi connectivity index (χ3v) is 28.5. The van der Waals surface area contributed by atoms with E-state index in [-0.39, 0.29) is 36.2 Å². The Morgan fingerprint density at radius 3 is 0.500 bits per heavy atom. The van der Waals surface area contributed by atoms with Gasteiger partial charge >= 0.3 is 0 Å². The Labute approximate surface area is 712 Å². The van der Waals surface area contributed by atoms with Gasteiger partial charge in [0, 0.05) is 37.2 Å². The zero-order valence-corrected chi connectivity index (χ0v) is 74.7. The van der Waals surface area contributed by atoms with Crippen molar-refractivity contribution in [1.29, 1.82) is 0 Å². The van der Waals surface area contributed by atoms with E-state index < -0.39 is 184 Å². The maximum absolute atomic E-state index is 12.5. The van der Waals surface area contributed by atoms with Gasteiger partial charge in [-0.3, -0.25) is 0 Å². The molecule has 0 amide bonds. The molecule has 0 aliphatic carbocycles. The Balaban J connectivity index is 1.19. The average Bonchev–Trinajstić information content (AvgIpc) is 0.775. The Morgan fingerprint density at radius 2 is 0.336 bits per heavy atom. The van der Waals surface area contributed by atoms with Gasteiger partial charge in [-0.15, -0.1) is 0 Å². The van der Waals surface area contributed by atoms with E-state index in [1.807, 2.05) is 0 Å². The largest absolute Gasteiger partial charge is 0.387 e. The first kappa shape index (κ1) is 103. The molecule has 0 aromatic carbocycles. The molecular weight excluding hydrogens is 1580 g/mol. The Hall–Kier alpha value is 0.360. The van der Waals surface area contributed by atoms with E-state index in [0.29, 0.717) is 23.0 Å². The van der Waals surface area contributed by atoms with Crippen LogP contribution in [0.2, 0.25) is 0 Å². The van der Waals surface area contributed by atoms with Gasteiger partial charge in [0.05, 0.1) is 37.6 Å². The first-order valence-electron chi connectivity index (χ1n) is 45.7. The highest BCUT2D eigenvalue weighted by Gasteiger charge is 2.59. The number of hydrogen-bond acceptors (Lipinski definition) is 30. The number of thioether (sulfide) groups is 4. The maximum atomic E-state index is 12.5. The van der Waals surface area contributed by atoms with Crippen LogP contribution in [0.4, 0.5) is 0 Å². The molecule has 22 fully saturated rings. The molecule has 22 rings (SSSR count). The van der Waals surface area contributed by atoms with Crippen LogP contribution in [0.25, 0.3) is 0 Å². The van der Waals surface area contributed by atoms with Gasteiger partial charge in [0.1, 0.15) is 122 Å². The molecule has 0 aromatic rings. The maximum Gasteiger partial charge on any atom is 0.187 e. The quantitative estimate of drug-likeness (QED) is 0.0252. The zero-order valence-electron chi connectivity index (χ0n) is 71.4. The molecule has 22 aliphatic heterocycles. The van der Waals surface area contributed by atoms with Crippen molar-refractivity contribution in [2.24, 2.45) is 0 Å². The summed E-state index contributed by atoms with van der Waals surface area (Å²) >= 11 is 6.08. The molecule has 30 atom stereocenters. The van der Waals surface area contributed by atoms with Crippen molar-refractivity contribution in [1.82, 2.24) is 0 Å². The smallest absolute Gasteiger partial charge is 0.187 e. The number of ether oxygens (including phenoxy) is 14. The number of unbranched alkanes of at least 4 members (excludes halogenated alkanes) is 36. The van der Waals surface area contributed by atoms with Gasteiger partial charge in [0.2, 0.25) is 0 Å². The van der Waals surface area contributed by atoms with Crippen molar-refractivity contribution in [2.75, 3.05) is 73.5 Å². The van der Waals surface area contributed by atoms with Crippen molar-refractivity contribution in [3.63, 3.8) is 0 Å². The van der Waals surface area contributed by atoms with Crippen LogP contribution in [-0.2, 0) is 66.3 Å². The fraction of sp³-hybridized carbons (Fsp3) is 1.00. The van der Waals surface area contributed by atoms with Crippen LogP contribution in [0.5, 0.6) is 0 Å². The fourth-order valence-corrected chi connectivity index (χ4v) is 21.0. The lowest BCUT2D eigenvalue weighted by Crippen LogP contribution is -2.69. The molecule has 30 heteroatoms. The molecule has 0 saturated carbocycles. The van der Waals surface area contributed by atoms with Gasteiger partial charge in [-0.2, -0.15) is 47.0 Å². The van der Waals surface area contributed by atoms with E-state index in [2.05, 4.69) is 27.7 Å². The van der Waals surface area contributed by atoms with Crippen LogP contribution in [0.3, 0.4) is 0 Å². The van der Waals surface area contributed by atoms with E-state index in [1.165, 1.54) is 215 Å². The third-order valence-electron chi connectivity index (χ3n) is 24.0. The number of rotatable bonds is 56. The number of methoxy groups -OCH3 is 2. The number of hydrogen-bond donors (Lipinski definition) is 12. The predicted octanol–water partition coefficient (Wildman–Crippen LogP) is 10.9. The second kappa shape index (κ2) is 60.2. The normalized spacial score (nSPS) is 36.7. The van der Waals surface area contributed by atoms with Crippen LogP contribution in [0.15, 0.2) is 0 Å². The lowest BCUT2D eigenvalue weighted by molar-refractivity contribution is -0.399. The van der Waals surface area contributed by atoms with Crippen molar-refractivity contribution in [3.05, 3.63) is 0 Å². The van der Waals surface area contributed by atoms with Gasteiger partial charge in [-0.1, -0.05) is 259 Å². The third kappa shape index (κ3) is 34.5. The molecule has 22 aliphatic rings. The van der Waals surface area contributed by atoms with E-state index in [9.17, 15) is 61.3 Å². The molecule has 116 heavy (non-hydrogen) atoms. The minimum Gasteiger partial charge on any atom is -0.387 e. The summed E-state index contributed by atoms with van der Waals surface area (Å²) in [7, 11) is 2.78. The van der Waals surface area contributed by atoms with E-state index >= 15 is 0 Å². The van der Waals surface area contributed by atoms with Gasteiger partial charge in [-0.25, -0.2) is 0 Å². The molecule has 684 valence electrons. The second-order valence-electron chi connectivity index (χ2n) is 33.7. The highest BCUT2D eigenvalue weighted by Crippen LogP contribution is 2.41. The van der Waals surface area contributed by atoms with Crippen LogP contribution in [0.1, 0.15) is 285 Å². The van der Waals surface area contributed by atoms with Gasteiger partial charge < -0.3 is 128 Å². The van der Waals surface area contributed by atoms with Crippen molar-refractivity contribution in [2.45, 2.75) is 469 Å². The molecule has 0 spiro atoms. The summed E-state index contributed by atoms with van der Waals surface area (Å²) in [4.78, 5) is 0. The number of aliphatic hydroxyl groups excluding tert-OH is 12. The Morgan fingerprint density at radius 1 is 0.190 bits per heavy atom. The van der Waals surface area contributed by atoms with Crippen molar-refractivity contribution in [3.8, 4) is 0 Å². The molecule has 0 unspecified atom stereocenters. The molecule has 0 aromatic heterocycles. The summed E-state index contributed by atoms with van der Waals surface area (Å²) < 4.78 is 90.1. The lowest BCUT2D eigenvalue weighted by atomic mass is 9.95. The number of aliphatic hydroxyl groups is 12. The van der Waals surface area contributed by atoms with Crippen LogP contribution in [0, 0.1) is 0 Å². The molecule has 26 nitrogen and oxygen atoms in total. The van der Waals surface area contributed by atoms with Gasteiger partial charge in [-0.05, 0) is 48.7 Å². The highest BCUT2D eigenvalue weighted by atomic mass is 32.2. The standard InChI is InChI=1S/C86H160O26S4/c1-7-11-15-19-23-27-31-35-39-43-47-113-53-59-77-67(91)73(97)85(105-59)111-79-61(55-115-49-45-41-37-33-29-25-21-17-13-9-3)103-83(71(95)65(79)89)108-76-58(52-100-6)102-82(70(94)64(76)88)110-78-60(54-114-48-44-40-36-32-28-24-20-16-12-8-2)106-86(74(98)68(78)92)112-80-62(56-116-50-46-42-38-34-30-26-22-18-14-10-4)104-84(72(96)66(80)90)107-75-57(51-99-5)101-81(109-77)69(93)63(75)87/h57-98H,7-56H2,1-6H3/t57-,58-,59-,60-,61-,62-,63-,64-,65-,66-,67-,68-,69-,70-,71-,72-,73-,74-,75-,76-,77-,78-,79-,80-,81-,82-,83-,84-,85-,86-/m1/s1. The molecule has 0 radical (unpaired) electrons. The minimum atomic E-state index is -1.94. The minimum absolute atomic E-state index is 0.158. The summed E-state index contributed by atoms with van der Waals surface area (Å²) in [6.45, 7) is 8.29. The zero-order chi connectivity index (χ0) is 83.4.